The molecule has 1 amide bonds. The second-order valence-electron chi connectivity index (χ2n) is 8.28. The number of benzene rings is 2. The van der Waals surface area contributed by atoms with Gasteiger partial charge in [-0.05, 0) is 75.4 Å². The van der Waals surface area contributed by atoms with Crippen molar-refractivity contribution in [2.45, 2.75) is 45.6 Å². The summed E-state index contributed by atoms with van der Waals surface area (Å²) in [5, 5.41) is 3.14. The van der Waals surface area contributed by atoms with Crippen LogP contribution in [0.25, 0.3) is 0 Å². The number of likely N-dealkylation sites (tertiary alicyclic amines) is 1. The first kappa shape index (κ1) is 19.0. The monoisotopic (exact) mass is 377 g/mol. The van der Waals surface area contributed by atoms with Crippen molar-refractivity contribution in [3.63, 3.8) is 0 Å². The highest BCUT2D eigenvalue weighted by atomic mass is 16.2. The third-order valence-electron chi connectivity index (χ3n) is 6.09. The lowest BCUT2D eigenvalue weighted by atomic mass is 10.0. The Balaban J connectivity index is 1.40. The Morgan fingerprint density at radius 1 is 1.04 bits per heavy atom. The molecule has 2 heterocycles. The summed E-state index contributed by atoms with van der Waals surface area (Å²) >= 11 is 0. The molecular formula is C24H31N3O. The van der Waals surface area contributed by atoms with Gasteiger partial charge in [-0.3, -0.25) is 9.69 Å². The first-order valence-electron chi connectivity index (χ1n) is 10.6. The van der Waals surface area contributed by atoms with Gasteiger partial charge >= 0.3 is 0 Å². The number of nitrogens with zero attached hydrogens (tertiary/aromatic N) is 2. The minimum absolute atomic E-state index is 0.0802. The van der Waals surface area contributed by atoms with Crippen molar-refractivity contribution in [3.8, 4) is 0 Å². The number of hydrogen-bond acceptors (Lipinski definition) is 3. The molecule has 148 valence electrons. The highest BCUT2D eigenvalue weighted by Crippen LogP contribution is 2.32. The zero-order valence-electron chi connectivity index (χ0n) is 17.1. The Morgan fingerprint density at radius 3 is 2.61 bits per heavy atom. The lowest BCUT2D eigenvalue weighted by molar-refractivity contribution is -0.117. The van der Waals surface area contributed by atoms with Crippen LogP contribution < -0.4 is 10.2 Å². The van der Waals surface area contributed by atoms with Gasteiger partial charge in [0.2, 0.25) is 5.91 Å². The summed E-state index contributed by atoms with van der Waals surface area (Å²) in [6.45, 7) is 7.93. The van der Waals surface area contributed by atoms with E-state index in [1.807, 2.05) is 0 Å². The molecule has 2 aliphatic heterocycles. The highest BCUT2D eigenvalue weighted by Gasteiger charge is 2.27. The van der Waals surface area contributed by atoms with E-state index in [1.165, 1.54) is 29.7 Å². The molecule has 2 aliphatic rings. The summed E-state index contributed by atoms with van der Waals surface area (Å²) in [6.07, 6.45) is 4.82. The Bertz CT molecular complexity index is 841. The van der Waals surface area contributed by atoms with Crippen LogP contribution in [0, 0.1) is 13.8 Å². The quantitative estimate of drug-likeness (QED) is 0.822. The zero-order valence-corrected chi connectivity index (χ0v) is 17.1. The number of amides is 1. The smallest absolute Gasteiger partial charge is 0.238 e. The van der Waals surface area contributed by atoms with Gasteiger partial charge in [0.15, 0.2) is 0 Å². The molecular weight excluding hydrogens is 346 g/mol. The van der Waals surface area contributed by atoms with Gasteiger partial charge in [-0.2, -0.15) is 0 Å². The predicted molar refractivity (Wildman–Crippen MR) is 116 cm³/mol. The lowest BCUT2D eigenvalue weighted by Crippen LogP contribution is -2.33. The number of rotatable bonds is 5. The normalized spacial score (nSPS) is 19.9. The Hall–Kier alpha value is -2.33. The first-order valence-corrected chi connectivity index (χ1v) is 10.6. The summed E-state index contributed by atoms with van der Waals surface area (Å²) in [5.74, 6) is 0.0802. The van der Waals surface area contributed by atoms with Crippen LogP contribution in [-0.4, -0.2) is 37.0 Å². The molecule has 4 heteroatoms. The van der Waals surface area contributed by atoms with Crippen LogP contribution in [0.2, 0.25) is 0 Å². The number of hydrogen-bond donors (Lipinski definition) is 1. The molecule has 2 aromatic rings. The topological polar surface area (TPSA) is 35.6 Å². The number of aryl methyl sites for hydroxylation is 2. The lowest BCUT2D eigenvalue weighted by Gasteiger charge is -2.25. The number of carbonyl (C=O) groups excluding carboxylic acids is 1. The summed E-state index contributed by atoms with van der Waals surface area (Å²) in [5.41, 5.74) is 5.94. The molecule has 28 heavy (non-hydrogen) atoms. The van der Waals surface area contributed by atoms with E-state index in [0.717, 1.165) is 43.7 Å². The van der Waals surface area contributed by atoms with Crippen LogP contribution >= 0.6 is 0 Å². The van der Waals surface area contributed by atoms with E-state index in [0.29, 0.717) is 12.6 Å². The SMILES string of the molecule is Cc1cccc(C2CCCN2CC(=O)Nc2ccc(N3CCCC3)cc2C)c1. The van der Waals surface area contributed by atoms with Gasteiger partial charge in [-0.25, -0.2) is 0 Å². The Kier molecular flexibility index (Phi) is 5.67. The van der Waals surface area contributed by atoms with E-state index in [1.54, 1.807) is 0 Å². The maximum Gasteiger partial charge on any atom is 0.238 e. The third kappa shape index (κ3) is 4.22. The van der Waals surface area contributed by atoms with Crippen molar-refractivity contribution in [3.05, 3.63) is 59.2 Å². The van der Waals surface area contributed by atoms with Crippen LogP contribution in [0.15, 0.2) is 42.5 Å². The fourth-order valence-electron chi connectivity index (χ4n) is 4.60. The van der Waals surface area contributed by atoms with Gasteiger partial charge < -0.3 is 10.2 Å². The molecule has 1 N–H and O–H groups in total. The summed E-state index contributed by atoms with van der Waals surface area (Å²) < 4.78 is 0. The molecule has 1 atom stereocenters. The number of anilines is 2. The molecule has 1 unspecified atom stereocenters. The fourth-order valence-corrected chi connectivity index (χ4v) is 4.60. The van der Waals surface area contributed by atoms with Gasteiger partial charge in [0.05, 0.1) is 6.54 Å². The van der Waals surface area contributed by atoms with E-state index < -0.39 is 0 Å². The second kappa shape index (κ2) is 8.36. The molecule has 4 nitrogen and oxygen atoms in total. The molecule has 2 fully saturated rings. The van der Waals surface area contributed by atoms with Crippen LogP contribution in [0.5, 0.6) is 0 Å². The molecule has 2 saturated heterocycles. The number of carbonyl (C=O) groups is 1. The van der Waals surface area contributed by atoms with Gasteiger partial charge in [-0.1, -0.05) is 29.8 Å². The van der Waals surface area contributed by atoms with Crippen molar-refractivity contribution in [2.24, 2.45) is 0 Å². The van der Waals surface area contributed by atoms with Crippen molar-refractivity contribution in [2.75, 3.05) is 36.4 Å². The average molecular weight is 378 g/mol. The summed E-state index contributed by atoms with van der Waals surface area (Å²) in [6, 6.07) is 15.4. The minimum atomic E-state index is 0.0802. The average Bonchev–Trinajstić information content (AvgIpc) is 3.35. The van der Waals surface area contributed by atoms with Crippen LogP contribution in [0.3, 0.4) is 0 Å². The number of nitrogens with one attached hydrogen (secondary N) is 1. The molecule has 2 aromatic carbocycles. The standard InChI is InChI=1S/C24H31N3O/c1-18-7-5-8-20(15-18)23-9-6-14-27(23)17-24(28)25-22-11-10-21(16-19(22)2)26-12-3-4-13-26/h5,7-8,10-11,15-16,23H,3-4,6,9,12-14,17H2,1-2H3,(H,25,28). The van der Waals surface area contributed by atoms with Gasteiger partial charge in [0, 0.05) is 30.5 Å². The first-order chi connectivity index (χ1) is 13.6. The second-order valence-corrected chi connectivity index (χ2v) is 8.28. The molecule has 0 saturated carbocycles. The van der Waals surface area contributed by atoms with Crippen molar-refractivity contribution in [1.29, 1.82) is 0 Å². The zero-order chi connectivity index (χ0) is 19.5. The van der Waals surface area contributed by atoms with Gasteiger partial charge in [0.1, 0.15) is 0 Å². The maximum absolute atomic E-state index is 12.7. The molecule has 0 aromatic heterocycles. The Morgan fingerprint density at radius 2 is 1.86 bits per heavy atom. The van der Waals surface area contributed by atoms with E-state index in [-0.39, 0.29) is 5.91 Å². The Labute approximate surface area is 168 Å². The molecule has 0 bridgehead atoms. The summed E-state index contributed by atoms with van der Waals surface area (Å²) in [7, 11) is 0. The van der Waals surface area contributed by atoms with Crippen LogP contribution in [0.1, 0.15) is 48.4 Å². The molecule has 0 aliphatic carbocycles. The molecule has 0 radical (unpaired) electrons. The van der Waals surface area contributed by atoms with Crippen LogP contribution in [-0.2, 0) is 4.79 Å². The largest absolute Gasteiger partial charge is 0.372 e. The van der Waals surface area contributed by atoms with Crippen molar-refractivity contribution < 1.29 is 4.79 Å². The van der Waals surface area contributed by atoms with Gasteiger partial charge in [-0.15, -0.1) is 0 Å². The van der Waals surface area contributed by atoms with E-state index in [9.17, 15) is 4.79 Å². The molecule has 4 rings (SSSR count). The molecule has 0 spiro atoms. The third-order valence-corrected chi connectivity index (χ3v) is 6.09. The van der Waals surface area contributed by atoms with Crippen molar-refractivity contribution >= 4 is 17.3 Å². The predicted octanol–water partition coefficient (Wildman–Crippen LogP) is 4.68. The van der Waals surface area contributed by atoms with E-state index in [2.05, 4.69) is 71.4 Å². The van der Waals surface area contributed by atoms with Crippen molar-refractivity contribution in [1.82, 2.24) is 4.90 Å². The van der Waals surface area contributed by atoms with E-state index in [4.69, 9.17) is 0 Å². The van der Waals surface area contributed by atoms with E-state index >= 15 is 0 Å². The highest BCUT2D eigenvalue weighted by molar-refractivity contribution is 5.93. The van der Waals surface area contributed by atoms with Gasteiger partial charge in [0.25, 0.3) is 0 Å². The maximum atomic E-state index is 12.7. The minimum Gasteiger partial charge on any atom is -0.372 e. The summed E-state index contributed by atoms with van der Waals surface area (Å²) in [4.78, 5) is 17.5. The van der Waals surface area contributed by atoms with Crippen LogP contribution in [0.4, 0.5) is 11.4 Å². The fraction of sp³-hybridized carbons (Fsp3) is 0.458.